The maximum absolute atomic E-state index is 12.5. The van der Waals surface area contributed by atoms with Crippen molar-refractivity contribution in [3.8, 4) is 0 Å². The van der Waals surface area contributed by atoms with Gasteiger partial charge in [0.1, 0.15) is 5.65 Å². The quantitative estimate of drug-likeness (QED) is 0.602. The van der Waals surface area contributed by atoms with Crippen LogP contribution >= 0.6 is 0 Å². The first-order valence-corrected chi connectivity index (χ1v) is 8.74. The largest absolute Gasteiger partial charge is 0.396 e. The van der Waals surface area contributed by atoms with Gasteiger partial charge in [-0.1, -0.05) is 6.07 Å². The number of aliphatic hydroxyl groups excluding tert-OH is 1. The predicted octanol–water partition coefficient (Wildman–Crippen LogP) is 0.886. The third-order valence-corrected chi connectivity index (χ3v) is 4.93. The molecule has 1 N–H and O–H groups in total. The number of nitro groups is 1. The van der Waals surface area contributed by atoms with Crippen molar-refractivity contribution in [1.82, 2.24) is 14.3 Å². The molecular weight excluding hydrogens is 338 g/mol. The van der Waals surface area contributed by atoms with E-state index in [1.165, 1.54) is 10.6 Å². The second-order valence-corrected chi connectivity index (χ2v) is 6.55. The third-order valence-electron chi connectivity index (χ3n) is 4.93. The van der Waals surface area contributed by atoms with Crippen LogP contribution in [0.2, 0.25) is 0 Å². The highest BCUT2D eigenvalue weighted by atomic mass is 16.6. The Hall–Kier alpha value is -2.52. The second-order valence-electron chi connectivity index (χ2n) is 6.55. The Kier molecular flexibility index (Phi) is 5.48. The molecule has 9 nitrogen and oxygen atoms in total. The molecule has 0 amide bonds. The minimum Gasteiger partial charge on any atom is -0.396 e. The zero-order valence-corrected chi connectivity index (χ0v) is 14.7. The summed E-state index contributed by atoms with van der Waals surface area (Å²) < 4.78 is 1.21. The summed E-state index contributed by atoms with van der Waals surface area (Å²) in [6.45, 7) is 2.19. The molecule has 0 radical (unpaired) electrons. The van der Waals surface area contributed by atoms with Crippen LogP contribution in [0.1, 0.15) is 19.3 Å². The molecule has 3 heterocycles. The number of hydrogen-bond donors (Lipinski definition) is 1. The third kappa shape index (κ3) is 3.54. The molecule has 2 aromatic heterocycles. The van der Waals surface area contributed by atoms with Gasteiger partial charge in [0, 0.05) is 38.5 Å². The summed E-state index contributed by atoms with van der Waals surface area (Å²) in [5.74, 6) is 0.155. The van der Waals surface area contributed by atoms with Crippen molar-refractivity contribution < 1.29 is 10.0 Å². The minimum absolute atomic E-state index is 0.155. The van der Waals surface area contributed by atoms with Crippen LogP contribution in [-0.4, -0.2) is 63.6 Å². The Labute approximate surface area is 150 Å². The first-order chi connectivity index (χ1) is 12.5. The molecule has 0 unspecified atom stereocenters. The van der Waals surface area contributed by atoms with Crippen LogP contribution in [0, 0.1) is 10.1 Å². The average molecular weight is 361 g/mol. The second kappa shape index (κ2) is 7.79. The van der Waals surface area contributed by atoms with Gasteiger partial charge in [-0.05, 0) is 38.4 Å². The zero-order chi connectivity index (χ0) is 18.7. The first kappa shape index (κ1) is 18.3. The summed E-state index contributed by atoms with van der Waals surface area (Å²) >= 11 is 0. The molecule has 1 aliphatic heterocycles. The van der Waals surface area contributed by atoms with E-state index in [1.807, 2.05) is 11.9 Å². The molecule has 1 aliphatic rings. The predicted molar refractivity (Wildman–Crippen MR) is 97.7 cm³/mol. The van der Waals surface area contributed by atoms with Crippen molar-refractivity contribution in [2.75, 3.05) is 38.2 Å². The van der Waals surface area contributed by atoms with Crippen LogP contribution in [0.5, 0.6) is 0 Å². The molecule has 0 aromatic carbocycles. The normalized spacial score (nSPS) is 15.7. The molecule has 0 atom stereocenters. The fraction of sp³-hybridized carbons (Fsp3) is 0.529. The van der Waals surface area contributed by atoms with Crippen molar-refractivity contribution in [3.05, 3.63) is 44.9 Å². The number of fused-ring (bicyclic) bond motifs is 1. The molecule has 3 rings (SSSR count). The molecule has 0 spiro atoms. The number of pyridine rings is 1. The summed E-state index contributed by atoms with van der Waals surface area (Å²) in [5, 5.41) is 20.5. The summed E-state index contributed by atoms with van der Waals surface area (Å²) in [6.07, 6.45) is 3.87. The lowest BCUT2D eigenvalue weighted by atomic mass is 10.0. The highest BCUT2D eigenvalue weighted by Gasteiger charge is 2.31. The molecule has 140 valence electrons. The summed E-state index contributed by atoms with van der Waals surface area (Å²) in [4.78, 5) is 31.9. The van der Waals surface area contributed by atoms with Crippen LogP contribution in [-0.2, 0) is 0 Å². The van der Waals surface area contributed by atoms with Crippen molar-refractivity contribution >= 4 is 17.2 Å². The van der Waals surface area contributed by atoms with Crippen LogP contribution in [0.4, 0.5) is 11.5 Å². The molecular formula is C17H23N5O4. The lowest BCUT2D eigenvalue weighted by Crippen LogP contribution is -2.44. The van der Waals surface area contributed by atoms with Gasteiger partial charge in [-0.3, -0.25) is 19.3 Å². The Morgan fingerprint density at radius 3 is 2.77 bits per heavy atom. The van der Waals surface area contributed by atoms with Crippen molar-refractivity contribution in [2.24, 2.45) is 0 Å². The maximum Gasteiger partial charge on any atom is 0.376 e. The molecule has 1 saturated heterocycles. The molecule has 0 bridgehead atoms. The number of piperidine rings is 1. The fourth-order valence-corrected chi connectivity index (χ4v) is 3.47. The van der Waals surface area contributed by atoms with E-state index in [0.29, 0.717) is 24.8 Å². The number of rotatable bonds is 6. The number of hydrogen-bond acceptors (Lipinski definition) is 7. The molecule has 1 fully saturated rings. The molecule has 26 heavy (non-hydrogen) atoms. The van der Waals surface area contributed by atoms with E-state index in [9.17, 15) is 14.9 Å². The minimum atomic E-state index is -0.655. The highest BCUT2D eigenvalue weighted by molar-refractivity contribution is 5.61. The smallest absolute Gasteiger partial charge is 0.376 e. The Bertz CT molecular complexity index is 845. The van der Waals surface area contributed by atoms with Crippen molar-refractivity contribution in [1.29, 1.82) is 0 Å². The van der Waals surface area contributed by atoms with Gasteiger partial charge < -0.3 is 14.9 Å². The molecule has 2 aromatic rings. The van der Waals surface area contributed by atoms with E-state index < -0.39 is 16.2 Å². The molecule has 9 heteroatoms. The van der Waals surface area contributed by atoms with Crippen molar-refractivity contribution in [2.45, 2.75) is 25.3 Å². The van der Waals surface area contributed by atoms with Gasteiger partial charge in [-0.15, -0.1) is 0 Å². The average Bonchev–Trinajstić information content (AvgIpc) is 2.65. The van der Waals surface area contributed by atoms with Gasteiger partial charge in [0.05, 0.1) is 4.92 Å². The van der Waals surface area contributed by atoms with Crippen LogP contribution in [0.3, 0.4) is 0 Å². The summed E-state index contributed by atoms with van der Waals surface area (Å²) in [6, 6.07) is 5.43. The highest BCUT2D eigenvalue weighted by Crippen LogP contribution is 2.27. The van der Waals surface area contributed by atoms with Gasteiger partial charge in [0.25, 0.3) is 0 Å². The van der Waals surface area contributed by atoms with E-state index in [2.05, 4.69) is 9.88 Å². The SMILES string of the molecule is CN(CCCO)C1CCN(c2nc3ccccn3c(=O)c2[N+](=O)[O-])CC1. The van der Waals surface area contributed by atoms with Crippen LogP contribution < -0.4 is 10.5 Å². The number of aliphatic hydroxyl groups is 1. The van der Waals surface area contributed by atoms with Crippen LogP contribution in [0.15, 0.2) is 29.2 Å². The van der Waals surface area contributed by atoms with Crippen LogP contribution in [0.25, 0.3) is 5.65 Å². The summed E-state index contributed by atoms with van der Waals surface area (Å²) in [5.41, 5.74) is -0.723. The molecule has 0 aliphatic carbocycles. The van der Waals surface area contributed by atoms with Gasteiger partial charge in [0.15, 0.2) is 0 Å². The standard InChI is InChI=1S/C17H23N5O4/c1-19(8-4-12-23)13-6-10-20(11-7-13)16-15(22(25)26)17(24)21-9-3-2-5-14(21)18-16/h2-3,5,9,13,23H,4,6-8,10-12H2,1H3. The zero-order valence-electron chi connectivity index (χ0n) is 14.7. The van der Waals surface area contributed by atoms with E-state index in [1.54, 1.807) is 18.2 Å². The van der Waals surface area contributed by atoms with Gasteiger partial charge in [-0.25, -0.2) is 4.98 Å². The molecule has 0 saturated carbocycles. The van der Waals surface area contributed by atoms with E-state index >= 15 is 0 Å². The fourth-order valence-electron chi connectivity index (χ4n) is 3.47. The Balaban J connectivity index is 1.86. The topological polar surface area (TPSA) is 104 Å². The number of anilines is 1. The number of nitrogens with zero attached hydrogens (tertiary/aromatic N) is 5. The Morgan fingerprint density at radius 2 is 2.12 bits per heavy atom. The van der Waals surface area contributed by atoms with E-state index in [0.717, 1.165) is 25.8 Å². The van der Waals surface area contributed by atoms with Gasteiger partial charge in [0.2, 0.25) is 5.82 Å². The lowest BCUT2D eigenvalue weighted by molar-refractivity contribution is -0.385. The van der Waals surface area contributed by atoms with Gasteiger partial charge >= 0.3 is 11.2 Å². The van der Waals surface area contributed by atoms with E-state index in [-0.39, 0.29) is 12.4 Å². The monoisotopic (exact) mass is 361 g/mol. The maximum atomic E-state index is 12.5. The Morgan fingerprint density at radius 1 is 1.38 bits per heavy atom. The lowest BCUT2D eigenvalue weighted by Gasteiger charge is -2.37. The number of aromatic nitrogens is 2. The van der Waals surface area contributed by atoms with Gasteiger partial charge in [-0.2, -0.15) is 0 Å². The first-order valence-electron chi connectivity index (χ1n) is 8.74. The van der Waals surface area contributed by atoms with E-state index in [4.69, 9.17) is 5.11 Å². The summed E-state index contributed by atoms with van der Waals surface area (Å²) in [7, 11) is 2.03. The van der Waals surface area contributed by atoms with Crippen molar-refractivity contribution in [3.63, 3.8) is 0 Å².